The molecule has 0 unspecified atom stereocenters. The third kappa shape index (κ3) is 2.89. The van der Waals surface area contributed by atoms with E-state index in [-0.39, 0.29) is 0 Å². The van der Waals surface area contributed by atoms with Crippen LogP contribution in [-0.4, -0.2) is 20.1 Å². The summed E-state index contributed by atoms with van der Waals surface area (Å²) in [5.74, 6) is 0. The molecule has 1 aromatic rings. The van der Waals surface area contributed by atoms with E-state index in [2.05, 4.69) is 18.0 Å². The van der Waals surface area contributed by atoms with Gasteiger partial charge < -0.3 is 10.6 Å². The van der Waals surface area contributed by atoms with Crippen molar-refractivity contribution >= 4 is 17.3 Å². The van der Waals surface area contributed by atoms with Gasteiger partial charge in [-0.05, 0) is 37.6 Å². The maximum Gasteiger partial charge on any atom is 0.0455 e. The minimum absolute atomic E-state index is 0.726. The smallest absolute Gasteiger partial charge is 0.0455 e. The summed E-state index contributed by atoms with van der Waals surface area (Å²) in [5.41, 5.74) is 7.72. The molecule has 3 heteroatoms. The van der Waals surface area contributed by atoms with Crippen LogP contribution in [0.25, 0.3) is 0 Å². The highest BCUT2D eigenvalue weighted by atomic mass is 35.5. The molecule has 0 aliphatic rings. The van der Waals surface area contributed by atoms with E-state index in [1.54, 1.807) is 0 Å². The lowest BCUT2D eigenvalue weighted by atomic mass is 10.2. The zero-order valence-electron chi connectivity index (χ0n) is 8.76. The van der Waals surface area contributed by atoms with Crippen molar-refractivity contribution < 1.29 is 0 Å². The summed E-state index contributed by atoms with van der Waals surface area (Å²) in [4.78, 5) is 2.16. The lowest BCUT2D eigenvalue weighted by Gasteiger charge is -2.19. The Balaban J connectivity index is 2.70. The molecule has 0 aliphatic heterocycles. The number of nitrogens with two attached hydrogens (primary N) is 1. The van der Waals surface area contributed by atoms with Gasteiger partial charge in [-0.15, -0.1) is 0 Å². The first-order valence-corrected chi connectivity index (χ1v) is 5.20. The molecule has 0 aliphatic carbocycles. The highest BCUT2D eigenvalue weighted by Crippen LogP contribution is 2.22. The minimum atomic E-state index is 0.726. The van der Waals surface area contributed by atoms with Gasteiger partial charge in [0, 0.05) is 24.3 Å². The molecule has 0 radical (unpaired) electrons. The van der Waals surface area contributed by atoms with E-state index in [1.165, 1.54) is 0 Å². The van der Waals surface area contributed by atoms with Crippen LogP contribution >= 0.6 is 11.6 Å². The number of rotatable bonds is 4. The number of halogens is 1. The van der Waals surface area contributed by atoms with Crippen molar-refractivity contribution in [2.75, 3.05) is 25.0 Å². The van der Waals surface area contributed by atoms with Gasteiger partial charge in [0.1, 0.15) is 0 Å². The van der Waals surface area contributed by atoms with Crippen LogP contribution in [-0.2, 0) is 0 Å². The number of anilines is 1. The summed E-state index contributed by atoms with van der Waals surface area (Å²) in [6.07, 6.45) is 1.00. The minimum Gasteiger partial charge on any atom is -0.375 e. The Bertz CT molecular complexity index is 299. The molecule has 2 N–H and O–H groups in total. The summed E-state index contributed by atoms with van der Waals surface area (Å²) in [7, 11) is 2.05. The lowest BCUT2D eigenvalue weighted by molar-refractivity contribution is 0.795. The van der Waals surface area contributed by atoms with Crippen molar-refractivity contribution in [3.05, 3.63) is 28.8 Å². The third-order valence-electron chi connectivity index (χ3n) is 2.29. The monoisotopic (exact) mass is 212 g/mol. The Morgan fingerprint density at radius 3 is 2.71 bits per heavy atom. The van der Waals surface area contributed by atoms with Crippen LogP contribution in [0.2, 0.25) is 5.02 Å². The molecular formula is C11H17ClN2. The molecular weight excluding hydrogens is 196 g/mol. The van der Waals surface area contributed by atoms with Crippen LogP contribution in [0.5, 0.6) is 0 Å². The topological polar surface area (TPSA) is 29.3 Å². The molecule has 0 saturated heterocycles. The number of aryl methyl sites for hydroxylation is 1. The predicted octanol–water partition coefficient (Wildman–Crippen LogP) is 2.43. The number of benzene rings is 1. The SMILES string of the molecule is Cc1ccc(N(C)CCCN)cc1Cl. The normalized spacial score (nSPS) is 10.3. The highest BCUT2D eigenvalue weighted by molar-refractivity contribution is 6.31. The molecule has 0 fully saturated rings. The molecule has 1 rings (SSSR count). The van der Waals surface area contributed by atoms with Gasteiger partial charge >= 0.3 is 0 Å². The van der Waals surface area contributed by atoms with Crippen LogP contribution < -0.4 is 10.6 Å². The van der Waals surface area contributed by atoms with Crippen LogP contribution in [0, 0.1) is 6.92 Å². The van der Waals surface area contributed by atoms with Gasteiger partial charge in [0.25, 0.3) is 0 Å². The van der Waals surface area contributed by atoms with E-state index in [0.29, 0.717) is 0 Å². The third-order valence-corrected chi connectivity index (χ3v) is 2.70. The second kappa shape index (κ2) is 5.23. The summed E-state index contributed by atoms with van der Waals surface area (Å²) in [6.45, 7) is 3.70. The Morgan fingerprint density at radius 2 is 2.14 bits per heavy atom. The Hall–Kier alpha value is -0.730. The van der Waals surface area contributed by atoms with Gasteiger partial charge in [0.2, 0.25) is 0 Å². The van der Waals surface area contributed by atoms with E-state index >= 15 is 0 Å². The fraction of sp³-hybridized carbons (Fsp3) is 0.455. The zero-order valence-corrected chi connectivity index (χ0v) is 9.51. The fourth-order valence-electron chi connectivity index (χ4n) is 1.28. The molecule has 1 aromatic carbocycles. The van der Waals surface area contributed by atoms with Crippen LogP contribution in [0.3, 0.4) is 0 Å². The summed E-state index contributed by atoms with van der Waals surface area (Å²) >= 11 is 6.04. The Labute approximate surface area is 90.7 Å². The fourth-order valence-corrected chi connectivity index (χ4v) is 1.45. The van der Waals surface area contributed by atoms with Crippen LogP contribution in [0.1, 0.15) is 12.0 Å². The van der Waals surface area contributed by atoms with Crippen molar-refractivity contribution in [1.82, 2.24) is 0 Å². The number of hydrogen-bond acceptors (Lipinski definition) is 2. The van der Waals surface area contributed by atoms with Crippen molar-refractivity contribution in [2.45, 2.75) is 13.3 Å². The summed E-state index contributed by atoms with van der Waals surface area (Å²) in [6, 6.07) is 6.11. The van der Waals surface area contributed by atoms with E-state index in [0.717, 1.165) is 35.8 Å². The molecule has 0 saturated carbocycles. The molecule has 14 heavy (non-hydrogen) atoms. The maximum absolute atomic E-state index is 6.04. The van der Waals surface area contributed by atoms with Crippen LogP contribution in [0.15, 0.2) is 18.2 Å². The molecule has 0 spiro atoms. The summed E-state index contributed by atoms with van der Waals surface area (Å²) < 4.78 is 0. The summed E-state index contributed by atoms with van der Waals surface area (Å²) in [5, 5.41) is 0.821. The first-order valence-electron chi connectivity index (χ1n) is 4.82. The first-order chi connectivity index (χ1) is 6.65. The standard InChI is InChI=1S/C11H17ClN2/c1-9-4-5-10(8-11(9)12)14(2)7-3-6-13/h4-5,8H,3,6-7,13H2,1-2H3. The molecule has 0 amide bonds. The zero-order chi connectivity index (χ0) is 10.6. The largest absolute Gasteiger partial charge is 0.375 e. The number of nitrogens with zero attached hydrogens (tertiary/aromatic N) is 1. The average Bonchev–Trinajstić information content (AvgIpc) is 2.18. The van der Waals surface area contributed by atoms with Gasteiger partial charge in [-0.2, -0.15) is 0 Å². The lowest BCUT2D eigenvalue weighted by Crippen LogP contribution is -2.20. The first kappa shape index (κ1) is 11.3. The Morgan fingerprint density at radius 1 is 1.43 bits per heavy atom. The second-order valence-corrected chi connectivity index (χ2v) is 3.90. The molecule has 0 heterocycles. The number of hydrogen-bond donors (Lipinski definition) is 1. The second-order valence-electron chi connectivity index (χ2n) is 3.50. The maximum atomic E-state index is 6.04. The van der Waals surface area contributed by atoms with Crippen molar-refractivity contribution in [2.24, 2.45) is 5.73 Å². The van der Waals surface area contributed by atoms with Crippen molar-refractivity contribution in [3.8, 4) is 0 Å². The Kier molecular flexibility index (Phi) is 4.23. The van der Waals surface area contributed by atoms with E-state index in [1.807, 2.05) is 19.1 Å². The van der Waals surface area contributed by atoms with E-state index in [4.69, 9.17) is 17.3 Å². The van der Waals surface area contributed by atoms with E-state index in [9.17, 15) is 0 Å². The molecule has 0 aromatic heterocycles. The molecule has 78 valence electrons. The average molecular weight is 213 g/mol. The van der Waals surface area contributed by atoms with Gasteiger partial charge in [0.15, 0.2) is 0 Å². The van der Waals surface area contributed by atoms with Gasteiger partial charge in [-0.3, -0.25) is 0 Å². The molecule has 2 nitrogen and oxygen atoms in total. The quantitative estimate of drug-likeness (QED) is 0.831. The highest BCUT2D eigenvalue weighted by Gasteiger charge is 2.02. The van der Waals surface area contributed by atoms with E-state index < -0.39 is 0 Å². The van der Waals surface area contributed by atoms with Gasteiger partial charge in [0.05, 0.1) is 0 Å². The molecule has 0 bridgehead atoms. The van der Waals surface area contributed by atoms with Gasteiger partial charge in [-0.1, -0.05) is 17.7 Å². The molecule has 0 atom stereocenters. The van der Waals surface area contributed by atoms with Crippen LogP contribution in [0.4, 0.5) is 5.69 Å². The predicted molar refractivity (Wildman–Crippen MR) is 63.1 cm³/mol. The van der Waals surface area contributed by atoms with Gasteiger partial charge in [-0.25, -0.2) is 0 Å². The van der Waals surface area contributed by atoms with Crippen molar-refractivity contribution in [1.29, 1.82) is 0 Å². The van der Waals surface area contributed by atoms with Crippen molar-refractivity contribution in [3.63, 3.8) is 0 Å².